The molecular formula is C16H17Br2NO2. The SMILES string of the molecule is Cc1cc(Br)cc(NCC(O)COc2ccc(Br)cc2)c1. The van der Waals surface area contributed by atoms with Crippen LogP contribution < -0.4 is 10.1 Å². The second-order valence-electron chi connectivity index (χ2n) is 4.82. The number of rotatable bonds is 6. The first-order chi connectivity index (χ1) is 10.0. The first-order valence-electron chi connectivity index (χ1n) is 6.60. The van der Waals surface area contributed by atoms with E-state index in [1.165, 1.54) is 0 Å². The topological polar surface area (TPSA) is 41.5 Å². The van der Waals surface area contributed by atoms with Gasteiger partial charge in [-0.2, -0.15) is 0 Å². The fourth-order valence-corrected chi connectivity index (χ4v) is 2.73. The second kappa shape index (κ2) is 7.82. The van der Waals surface area contributed by atoms with Gasteiger partial charge in [-0.15, -0.1) is 0 Å². The van der Waals surface area contributed by atoms with Crippen LogP contribution in [0.25, 0.3) is 0 Å². The summed E-state index contributed by atoms with van der Waals surface area (Å²) in [6.45, 7) is 2.72. The molecule has 2 rings (SSSR count). The highest BCUT2D eigenvalue weighted by Gasteiger charge is 2.06. The standard InChI is InChI=1S/C16H17Br2NO2/c1-11-6-13(18)8-14(7-11)19-9-15(20)10-21-16-4-2-12(17)3-5-16/h2-8,15,19-20H,9-10H2,1H3. The Bertz CT molecular complexity index is 567. The lowest BCUT2D eigenvalue weighted by atomic mass is 10.2. The van der Waals surface area contributed by atoms with Crippen LogP contribution in [0.1, 0.15) is 5.56 Å². The molecule has 3 nitrogen and oxygen atoms in total. The summed E-state index contributed by atoms with van der Waals surface area (Å²) in [7, 11) is 0. The molecule has 0 aliphatic carbocycles. The van der Waals surface area contributed by atoms with Crippen molar-refractivity contribution in [1.82, 2.24) is 0 Å². The minimum absolute atomic E-state index is 0.252. The van der Waals surface area contributed by atoms with E-state index in [2.05, 4.69) is 37.2 Å². The van der Waals surface area contributed by atoms with E-state index in [1.807, 2.05) is 49.4 Å². The summed E-state index contributed by atoms with van der Waals surface area (Å²) in [5.74, 6) is 0.746. The Morgan fingerprint density at radius 1 is 1.10 bits per heavy atom. The van der Waals surface area contributed by atoms with Crippen molar-refractivity contribution in [3.05, 3.63) is 57.0 Å². The Labute approximate surface area is 141 Å². The van der Waals surface area contributed by atoms with Gasteiger partial charge in [0.1, 0.15) is 18.5 Å². The lowest BCUT2D eigenvalue weighted by Crippen LogP contribution is -2.26. The zero-order chi connectivity index (χ0) is 15.2. The average molecular weight is 415 g/mol. The maximum Gasteiger partial charge on any atom is 0.119 e. The molecule has 0 radical (unpaired) electrons. The molecule has 0 heterocycles. The Morgan fingerprint density at radius 2 is 1.81 bits per heavy atom. The van der Waals surface area contributed by atoms with Gasteiger partial charge in [0.2, 0.25) is 0 Å². The van der Waals surface area contributed by atoms with Crippen molar-refractivity contribution in [3.8, 4) is 5.75 Å². The number of anilines is 1. The van der Waals surface area contributed by atoms with Crippen LogP contribution in [0, 0.1) is 6.92 Å². The zero-order valence-corrected chi connectivity index (χ0v) is 14.8. The maximum atomic E-state index is 9.96. The Kier molecular flexibility index (Phi) is 6.08. The molecule has 21 heavy (non-hydrogen) atoms. The van der Waals surface area contributed by atoms with Gasteiger partial charge >= 0.3 is 0 Å². The number of aliphatic hydroxyl groups excluding tert-OH is 1. The number of aliphatic hydroxyl groups is 1. The average Bonchev–Trinajstić information content (AvgIpc) is 2.43. The van der Waals surface area contributed by atoms with E-state index in [0.29, 0.717) is 6.54 Å². The molecule has 1 unspecified atom stereocenters. The third-order valence-corrected chi connectivity index (χ3v) is 3.83. The van der Waals surface area contributed by atoms with E-state index in [9.17, 15) is 5.11 Å². The highest BCUT2D eigenvalue weighted by Crippen LogP contribution is 2.19. The van der Waals surface area contributed by atoms with Gasteiger partial charge in [-0.25, -0.2) is 0 Å². The number of halogens is 2. The molecule has 2 aromatic carbocycles. The van der Waals surface area contributed by atoms with E-state index in [4.69, 9.17) is 4.74 Å². The summed E-state index contributed by atoms with van der Waals surface area (Å²) < 4.78 is 7.56. The monoisotopic (exact) mass is 413 g/mol. The minimum atomic E-state index is -0.576. The number of nitrogens with one attached hydrogen (secondary N) is 1. The zero-order valence-electron chi connectivity index (χ0n) is 11.6. The van der Waals surface area contributed by atoms with E-state index in [0.717, 1.165) is 25.9 Å². The van der Waals surface area contributed by atoms with Gasteiger partial charge < -0.3 is 15.2 Å². The number of hydrogen-bond donors (Lipinski definition) is 2. The third kappa shape index (κ3) is 5.69. The lowest BCUT2D eigenvalue weighted by molar-refractivity contribution is 0.117. The largest absolute Gasteiger partial charge is 0.491 e. The summed E-state index contributed by atoms with van der Waals surface area (Å²) in [4.78, 5) is 0. The summed E-state index contributed by atoms with van der Waals surface area (Å²) in [6.07, 6.45) is -0.576. The van der Waals surface area contributed by atoms with Gasteiger partial charge in [0.05, 0.1) is 0 Å². The number of aryl methyl sites for hydroxylation is 1. The molecule has 0 aromatic heterocycles. The molecule has 0 amide bonds. The molecule has 0 saturated carbocycles. The normalized spacial score (nSPS) is 12.0. The van der Waals surface area contributed by atoms with E-state index in [1.54, 1.807) is 0 Å². The molecule has 0 saturated heterocycles. The van der Waals surface area contributed by atoms with Gasteiger partial charge in [-0.05, 0) is 55.0 Å². The second-order valence-corrected chi connectivity index (χ2v) is 6.65. The summed E-state index contributed by atoms with van der Waals surface area (Å²) in [5, 5.41) is 13.2. The fourth-order valence-electron chi connectivity index (χ4n) is 1.86. The van der Waals surface area contributed by atoms with Crippen molar-refractivity contribution in [3.63, 3.8) is 0 Å². The van der Waals surface area contributed by atoms with Gasteiger partial charge in [-0.1, -0.05) is 31.9 Å². The van der Waals surface area contributed by atoms with E-state index in [-0.39, 0.29) is 6.61 Å². The third-order valence-electron chi connectivity index (χ3n) is 2.84. The van der Waals surface area contributed by atoms with Crippen molar-refractivity contribution in [1.29, 1.82) is 0 Å². The van der Waals surface area contributed by atoms with Crippen LogP contribution >= 0.6 is 31.9 Å². The fraction of sp³-hybridized carbons (Fsp3) is 0.250. The van der Waals surface area contributed by atoms with Crippen molar-refractivity contribution >= 4 is 37.5 Å². The van der Waals surface area contributed by atoms with E-state index >= 15 is 0 Å². The van der Waals surface area contributed by atoms with Crippen LogP contribution in [0.2, 0.25) is 0 Å². The van der Waals surface area contributed by atoms with Crippen LogP contribution in [-0.2, 0) is 0 Å². The molecule has 0 bridgehead atoms. The number of ether oxygens (including phenoxy) is 1. The number of benzene rings is 2. The van der Waals surface area contributed by atoms with Crippen LogP contribution in [-0.4, -0.2) is 24.4 Å². The lowest BCUT2D eigenvalue weighted by Gasteiger charge is -2.14. The Hall–Kier alpha value is -1.04. The van der Waals surface area contributed by atoms with Crippen molar-refractivity contribution in [2.45, 2.75) is 13.0 Å². The smallest absolute Gasteiger partial charge is 0.119 e. The molecule has 2 N–H and O–H groups in total. The van der Waals surface area contributed by atoms with Crippen molar-refractivity contribution in [2.75, 3.05) is 18.5 Å². The van der Waals surface area contributed by atoms with Gasteiger partial charge in [0, 0.05) is 21.2 Å². The molecule has 0 spiro atoms. The highest BCUT2D eigenvalue weighted by molar-refractivity contribution is 9.10. The number of hydrogen-bond acceptors (Lipinski definition) is 3. The molecule has 0 aliphatic rings. The molecular weight excluding hydrogens is 398 g/mol. The van der Waals surface area contributed by atoms with Gasteiger partial charge in [-0.3, -0.25) is 0 Å². The molecule has 1 atom stereocenters. The van der Waals surface area contributed by atoms with Crippen molar-refractivity contribution < 1.29 is 9.84 Å². The molecule has 0 fully saturated rings. The Morgan fingerprint density at radius 3 is 2.48 bits per heavy atom. The minimum Gasteiger partial charge on any atom is -0.491 e. The van der Waals surface area contributed by atoms with Gasteiger partial charge in [0.25, 0.3) is 0 Å². The molecule has 2 aromatic rings. The van der Waals surface area contributed by atoms with Gasteiger partial charge in [0.15, 0.2) is 0 Å². The predicted molar refractivity (Wildman–Crippen MR) is 93.0 cm³/mol. The van der Waals surface area contributed by atoms with Crippen LogP contribution in [0.15, 0.2) is 51.4 Å². The first-order valence-corrected chi connectivity index (χ1v) is 8.19. The summed E-state index contributed by atoms with van der Waals surface area (Å²) >= 11 is 6.83. The molecule has 5 heteroatoms. The van der Waals surface area contributed by atoms with Crippen LogP contribution in [0.3, 0.4) is 0 Å². The molecule has 112 valence electrons. The quantitative estimate of drug-likeness (QED) is 0.737. The maximum absolute atomic E-state index is 9.96. The molecule has 0 aliphatic heterocycles. The first kappa shape index (κ1) is 16.3. The highest BCUT2D eigenvalue weighted by atomic mass is 79.9. The van der Waals surface area contributed by atoms with Crippen LogP contribution in [0.4, 0.5) is 5.69 Å². The van der Waals surface area contributed by atoms with Crippen LogP contribution in [0.5, 0.6) is 5.75 Å². The Balaban J connectivity index is 1.79. The summed E-state index contributed by atoms with van der Waals surface area (Å²) in [6, 6.07) is 13.6. The van der Waals surface area contributed by atoms with Crippen molar-refractivity contribution in [2.24, 2.45) is 0 Å². The van der Waals surface area contributed by atoms with E-state index < -0.39 is 6.10 Å². The summed E-state index contributed by atoms with van der Waals surface area (Å²) in [5.41, 5.74) is 2.14. The predicted octanol–water partition coefficient (Wildman–Crippen LogP) is 4.37.